The number of aliphatic hydroxyl groups is 2. The van der Waals surface area contributed by atoms with Gasteiger partial charge in [-0.15, -0.1) is 0 Å². The van der Waals surface area contributed by atoms with Crippen molar-refractivity contribution in [3.8, 4) is 0 Å². The summed E-state index contributed by atoms with van der Waals surface area (Å²) in [5.74, 6) is -1.15. The number of nitrogens with one attached hydrogen (secondary N) is 2. The molecule has 0 radical (unpaired) electrons. The smallest absolute Gasteiger partial charge is 0.276 e. The van der Waals surface area contributed by atoms with Gasteiger partial charge in [0.05, 0.1) is 22.8 Å². The van der Waals surface area contributed by atoms with Crippen molar-refractivity contribution in [2.45, 2.75) is 12.5 Å². The molecule has 0 spiro atoms. The van der Waals surface area contributed by atoms with Crippen LogP contribution in [0.2, 0.25) is 15.1 Å². The normalized spacial score (nSPS) is 17.7. The fourth-order valence-electron chi connectivity index (χ4n) is 4.23. The molecule has 41 heavy (non-hydrogen) atoms. The topological polar surface area (TPSA) is 123 Å². The van der Waals surface area contributed by atoms with E-state index in [9.17, 15) is 19.8 Å². The van der Waals surface area contributed by atoms with Crippen molar-refractivity contribution in [2.24, 2.45) is 9.98 Å². The molecule has 8 nitrogen and oxygen atoms in total. The van der Waals surface area contributed by atoms with Gasteiger partial charge in [0, 0.05) is 37.3 Å². The van der Waals surface area contributed by atoms with Crippen LogP contribution in [-0.4, -0.2) is 45.9 Å². The van der Waals surface area contributed by atoms with E-state index in [1.165, 1.54) is 0 Å². The van der Waals surface area contributed by atoms with Gasteiger partial charge in [-0.2, -0.15) is 0 Å². The Morgan fingerprint density at radius 2 is 1.07 bits per heavy atom. The van der Waals surface area contributed by atoms with Gasteiger partial charge < -0.3 is 20.8 Å². The molecule has 2 aliphatic rings. The van der Waals surface area contributed by atoms with Crippen LogP contribution in [0.15, 0.2) is 101 Å². The minimum Gasteiger partial charge on any atom is -0.364 e. The quantitative estimate of drug-likeness (QED) is 0.239. The highest BCUT2D eigenvalue weighted by molar-refractivity contribution is 6.37. The molecule has 2 amide bonds. The van der Waals surface area contributed by atoms with E-state index in [0.717, 1.165) is 5.56 Å². The summed E-state index contributed by atoms with van der Waals surface area (Å²) in [6.45, 7) is 0. The lowest BCUT2D eigenvalue weighted by molar-refractivity contribution is -0.124. The van der Waals surface area contributed by atoms with Gasteiger partial charge in [-0.3, -0.25) is 9.59 Å². The second-order valence-electron chi connectivity index (χ2n) is 8.91. The summed E-state index contributed by atoms with van der Waals surface area (Å²) in [5, 5.41) is 26.4. The Balaban J connectivity index is 0.000000165. The predicted octanol–water partition coefficient (Wildman–Crippen LogP) is 5.55. The fraction of sp³-hybridized carbons (Fsp3) is 0.0667. The summed E-state index contributed by atoms with van der Waals surface area (Å²) < 4.78 is 0. The Morgan fingerprint density at radius 3 is 1.63 bits per heavy atom. The lowest BCUT2D eigenvalue weighted by atomic mass is 10.0. The molecule has 0 saturated heterocycles. The zero-order valence-corrected chi connectivity index (χ0v) is 23.3. The minimum atomic E-state index is -1.50. The molecule has 2 unspecified atom stereocenters. The van der Waals surface area contributed by atoms with Crippen LogP contribution in [0.1, 0.15) is 22.3 Å². The molecule has 2 atom stereocenters. The molecular weight excluding hydrogens is 587 g/mol. The van der Waals surface area contributed by atoms with E-state index < -0.39 is 24.3 Å². The average molecular weight is 608 g/mol. The van der Waals surface area contributed by atoms with Gasteiger partial charge in [0.1, 0.15) is 0 Å². The van der Waals surface area contributed by atoms with E-state index in [-0.39, 0.29) is 0 Å². The van der Waals surface area contributed by atoms with Gasteiger partial charge in [-0.1, -0.05) is 83.3 Å². The molecule has 2 aliphatic heterocycles. The molecule has 4 aromatic carbocycles. The highest BCUT2D eigenvalue weighted by Gasteiger charge is 2.26. The molecule has 4 aromatic rings. The number of aliphatic hydroxyl groups excluding tert-OH is 2. The lowest BCUT2D eigenvalue weighted by Gasteiger charge is -2.11. The number of carbonyl (C=O) groups excluding carboxylic acids is 2. The van der Waals surface area contributed by atoms with E-state index in [2.05, 4.69) is 20.6 Å². The highest BCUT2D eigenvalue weighted by atomic mass is 35.5. The number of aliphatic imine (C=N–C) groups is 2. The van der Waals surface area contributed by atoms with Crippen LogP contribution in [0.4, 0.5) is 11.4 Å². The van der Waals surface area contributed by atoms with Crippen molar-refractivity contribution in [1.29, 1.82) is 0 Å². The summed E-state index contributed by atoms with van der Waals surface area (Å²) in [6.07, 6.45) is -2.93. The molecule has 6 rings (SSSR count). The van der Waals surface area contributed by atoms with Crippen molar-refractivity contribution >= 4 is 69.4 Å². The van der Waals surface area contributed by atoms with Gasteiger partial charge in [0.15, 0.2) is 0 Å². The zero-order valence-electron chi connectivity index (χ0n) is 21.1. The third kappa shape index (κ3) is 6.32. The van der Waals surface area contributed by atoms with Gasteiger partial charge in [0.2, 0.25) is 12.5 Å². The second kappa shape index (κ2) is 12.2. The summed E-state index contributed by atoms with van der Waals surface area (Å²) in [5.41, 5.74) is 4.80. The van der Waals surface area contributed by atoms with Gasteiger partial charge in [-0.05, 0) is 42.5 Å². The second-order valence-corrected chi connectivity index (χ2v) is 10.2. The Kier molecular flexibility index (Phi) is 8.49. The van der Waals surface area contributed by atoms with Crippen molar-refractivity contribution in [2.75, 3.05) is 10.6 Å². The van der Waals surface area contributed by atoms with Crippen LogP contribution in [0, 0.1) is 0 Å². The van der Waals surface area contributed by atoms with Crippen molar-refractivity contribution in [3.63, 3.8) is 0 Å². The molecule has 0 saturated carbocycles. The maximum atomic E-state index is 11.8. The minimum absolute atomic E-state index is 0.420. The first-order valence-corrected chi connectivity index (χ1v) is 13.4. The number of hydrogen-bond acceptors (Lipinski definition) is 6. The van der Waals surface area contributed by atoms with E-state index in [4.69, 9.17) is 34.8 Å². The van der Waals surface area contributed by atoms with Crippen molar-refractivity contribution < 1.29 is 19.8 Å². The van der Waals surface area contributed by atoms with E-state index in [1.54, 1.807) is 60.7 Å². The van der Waals surface area contributed by atoms with Crippen LogP contribution < -0.4 is 10.6 Å². The monoisotopic (exact) mass is 606 g/mol. The third-order valence-corrected chi connectivity index (χ3v) is 6.94. The van der Waals surface area contributed by atoms with Gasteiger partial charge in [0.25, 0.3) is 11.8 Å². The number of hydrogen-bond donors (Lipinski definition) is 4. The maximum absolute atomic E-state index is 11.8. The molecule has 4 N–H and O–H groups in total. The van der Waals surface area contributed by atoms with Crippen molar-refractivity contribution in [1.82, 2.24) is 0 Å². The number of nitrogens with zero attached hydrogens (tertiary/aromatic N) is 2. The summed E-state index contributed by atoms with van der Waals surface area (Å²) >= 11 is 18.3. The Morgan fingerprint density at radius 1 is 0.585 bits per heavy atom. The van der Waals surface area contributed by atoms with E-state index in [0.29, 0.717) is 54.6 Å². The van der Waals surface area contributed by atoms with Crippen LogP contribution in [-0.2, 0) is 9.59 Å². The summed E-state index contributed by atoms with van der Waals surface area (Å²) in [4.78, 5) is 31.7. The molecule has 0 aromatic heterocycles. The maximum Gasteiger partial charge on any atom is 0.276 e. The fourth-order valence-corrected chi connectivity index (χ4v) is 4.80. The molecule has 0 bridgehead atoms. The standard InChI is InChI=1S/C15H10Cl2N2O2.C15H11ClN2O2/c16-8-5-6-12-10(7-8)13(19-15(21)14(20)18-12)9-3-1-2-4-11(9)17;16-10-6-7-12-11(8-10)13(9-4-2-1-3-5-9)18-15(20)14(19)17-12/h1-7,15,21H,(H,18,20);1-8,15,20H,(H,17,19). The summed E-state index contributed by atoms with van der Waals surface area (Å²) in [7, 11) is 0. The number of anilines is 2. The molecule has 0 aliphatic carbocycles. The Hall–Kier alpha value is -4.05. The van der Waals surface area contributed by atoms with Crippen LogP contribution in [0.3, 0.4) is 0 Å². The number of halogens is 3. The number of benzodiazepines with no additional fused rings is 2. The average Bonchev–Trinajstić information content (AvgIpc) is 3.17. The SMILES string of the molecule is O=C1Nc2ccc(Cl)cc2C(c2ccccc2)=NC1O.O=C1Nc2ccc(Cl)cc2C(c2ccccc2Cl)=NC1O. The number of carbonyl (C=O) groups is 2. The van der Waals surface area contributed by atoms with Crippen LogP contribution in [0.25, 0.3) is 0 Å². The number of rotatable bonds is 2. The zero-order chi connectivity index (χ0) is 29.1. The first kappa shape index (κ1) is 28.5. The van der Waals surface area contributed by atoms with Gasteiger partial charge in [-0.25, -0.2) is 9.98 Å². The van der Waals surface area contributed by atoms with E-state index >= 15 is 0 Å². The summed E-state index contributed by atoms with van der Waals surface area (Å²) in [6, 6.07) is 26.6. The molecule has 11 heteroatoms. The highest BCUT2D eigenvalue weighted by Crippen LogP contribution is 2.30. The van der Waals surface area contributed by atoms with Crippen molar-refractivity contribution in [3.05, 3.63) is 128 Å². The number of amides is 2. The van der Waals surface area contributed by atoms with Gasteiger partial charge >= 0.3 is 0 Å². The third-order valence-electron chi connectivity index (χ3n) is 6.14. The number of fused-ring (bicyclic) bond motifs is 2. The number of benzene rings is 4. The first-order chi connectivity index (χ1) is 19.7. The predicted molar refractivity (Wildman–Crippen MR) is 161 cm³/mol. The lowest BCUT2D eigenvalue weighted by Crippen LogP contribution is -2.24. The Bertz CT molecular complexity index is 1710. The largest absolute Gasteiger partial charge is 0.364 e. The molecule has 0 fully saturated rings. The molecular formula is C30H21Cl3N4O4. The van der Waals surface area contributed by atoms with Crippen LogP contribution in [0.5, 0.6) is 0 Å². The molecule has 206 valence electrons. The first-order valence-electron chi connectivity index (χ1n) is 12.2. The molecule has 2 heterocycles. The van der Waals surface area contributed by atoms with Crippen LogP contribution >= 0.6 is 34.8 Å². The Labute approximate surface area is 249 Å². The van der Waals surface area contributed by atoms with E-state index in [1.807, 2.05) is 30.3 Å².